The standard InChI is InChI=1S/C15H21ClN4O2/c1-11-8-17-6-7-20(11)14(21)10-19-15(22)18-9-12-2-4-13(16)5-3-12/h2-5,11,17H,6-10H2,1H3,(H2,18,19,22)/t11-/m0/s1. The number of halogens is 1. The van der Waals surface area contributed by atoms with Crippen molar-refractivity contribution in [1.29, 1.82) is 0 Å². The maximum absolute atomic E-state index is 12.1. The van der Waals surface area contributed by atoms with Gasteiger partial charge in [0.2, 0.25) is 5.91 Å². The third-order valence-electron chi connectivity index (χ3n) is 3.59. The van der Waals surface area contributed by atoms with Crippen LogP contribution in [0.2, 0.25) is 5.02 Å². The van der Waals surface area contributed by atoms with Gasteiger partial charge in [-0.2, -0.15) is 0 Å². The number of carbonyl (C=O) groups is 2. The van der Waals surface area contributed by atoms with Crippen LogP contribution in [0.25, 0.3) is 0 Å². The molecule has 0 aliphatic carbocycles. The van der Waals surface area contributed by atoms with Crippen molar-refractivity contribution in [3.05, 3.63) is 34.9 Å². The fourth-order valence-electron chi connectivity index (χ4n) is 2.32. The van der Waals surface area contributed by atoms with Crippen molar-refractivity contribution in [3.8, 4) is 0 Å². The molecule has 1 fully saturated rings. The molecule has 1 aliphatic heterocycles. The Balaban J connectivity index is 1.70. The van der Waals surface area contributed by atoms with E-state index in [0.29, 0.717) is 18.1 Å². The molecule has 0 spiro atoms. The molecule has 0 radical (unpaired) electrons. The minimum atomic E-state index is -0.355. The van der Waals surface area contributed by atoms with Crippen molar-refractivity contribution in [3.63, 3.8) is 0 Å². The summed E-state index contributed by atoms with van der Waals surface area (Å²) < 4.78 is 0. The van der Waals surface area contributed by atoms with Gasteiger partial charge in [-0.1, -0.05) is 23.7 Å². The monoisotopic (exact) mass is 324 g/mol. The van der Waals surface area contributed by atoms with E-state index in [4.69, 9.17) is 11.6 Å². The molecule has 1 aliphatic rings. The number of nitrogens with one attached hydrogen (secondary N) is 3. The van der Waals surface area contributed by atoms with Gasteiger partial charge < -0.3 is 20.9 Å². The lowest BCUT2D eigenvalue weighted by Gasteiger charge is -2.34. The molecular formula is C15H21ClN4O2. The summed E-state index contributed by atoms with van der Waals surface area (Å²) >= 11 is 5.80. The molecule has 6 nitrogen and oxygen atoms in total. The van der Waals surface area contributed by atoms with E-state index in [1.54, 1.807) is 17.0 Å². The molecule has 0 aromatic heterocycles. The number of hydrogen-bond donors (Lipinski definition) is 3. The molecule has 1 aromatic rings. The van der Waals surface area contributed by atoms with Crippen LogP contribution in [-0.4, -0.2) is 49.1 Å². The van der Waals surface area contributed by atoms with E-state index in [1.165, 1.54) is 0 Å². The van der Waals surface area contributed by atoms with Crippen LogP contribution >= 0.6 is 11.6 Å². The summed E-state index contributed by atoms with van der Waals surface area (Å²) in [5.74, 6) is -0.0596. The first-order chi connectivity index (χ1) is 10.6. The zero-order valence-electron chi connectivity index (χ0n) is 12.6. The Morgan fingerprint density at radius 1 is 1.32 bits per heavy atom. The first-order valence-corrected chi connectivity index (χ1v) is 7.70. The predicted octanol–water partition coefficient (Wildman–Crippen LogP) is 0.960. The molecule has 0 unspecified atom stereocenters. The molecule has 0 bridgehead atoms. The second-order valence-corrected chi connectivity index (χ2v) is 5.74. The van der Waals surface area contributed by atoms with Crippen molar-refractivity contribution in [1.82, 2.24) is 20.9 Å². The van der Waals surface area contributed by atoms with Crippen LogP contribution in [0.15, 0.2) is 24.3 Å². The van der Waals surface area contributed by atoms with Gasteiger partial charge in [-0.05, 0) is 24.6 Å². The molecule has 1 atom stereocenters. The third-order valence-corrected chi connectivity index (χ3v) is 3.84. The Kier molecular flexibility index (Phi) is 6.03. The molecule has 1 heterocycles. The number of rotatable bonds is 4. The van der Waals surface area contributed by atoms with Crippen LogP contribution in [0.1, 0.15) is 12.5 Å². The van der Waals surface area contributed by atoms with E-state index in [-0.39, 0.29) is 24.5 Å². The van der Waals surface area contributed by atoms with Gasteiger partial charge in [0, 0.05) is 37.2 Å². The Morgan fingerprint density at radius 2 is 2.05 bits per heavy atom. The lowest BCUT2D eigenvalue weighted by Crippen LogP contribution is -2.55. The zero-order valence-corrected chi connectivity index (χ0v) is 13.3. The minimum absolute atomic E-state index is 0.0107. The molecule has 2 rings (SSSR count). The number of nitrogens with zero attached hydrogens (tertiary/aromatic N) is 1. The van der Waals surface area contributed by atoms with Crippen LogP contribution in [0, 0.1) is 0 Å². The molecule has 120 valence electrons. The van der Waals surface area contributed by atoms with Gasteiger partial charge in [-0.3, -0.25) is 4.79 Å². The summed E-state index contributed by atoms with van der Waals surface area (Å²) in [4.78, 5) is 25.6. The molecule has 3 amide bonds. The van der Waals surface area contributed by atoms with E-state index in [0.717, 1.165) is 18.7 Å². The Morgan fingerprint density at radius 3 is 2.73 bits per heavy atom. The Bertz CT molecular complexity index is 521. The number of benzene rings is 1. The fraction of sp³-hybridized carbons (Fsp3) is 0.467. The average molecular weight is 325 g/mol. The normalized spacial score (nSPS) is 17.9. The second kappa shape index (κ2) is 8.00. The molecular weight excluding hydrogens is 304 g/mol. The van der Waals surface area contributed by atoms with Crippen molar-refractivity contribution in [2.45, 2.75) is 19.5 Å². The Hall–Kier alpha value is -1.79. The van der Waals surface area contributed by atoms with Crippen LogP contribution in [0.4, 0.5) is 4.79 Å². The van der Waals surface area contributed by atoms with E-state index in [1.807, 2.05) is 19.1 Å². The molecule has 0 saturated carbocycles. The fourth-order valence-corrected chi connectivity index (χ4v) is 2.44. The maximum Gasteiger partial charge on any atom is 0.315 e. The lowest BCUT2D eigenvalue weighted by molar-refractivity contribution is -0.132. The summed E-state index contributed by atoms with van der Waals surface area (Å²) in [7, 11) is 0. The molecule has 3 N–H and O–H groups in total. The van der Waals surface area contributed by atoms with E-state index < -0.39 is 0 Å². The molecule has 22 heavy (non-hydrogen) atoms. The number of hydrogen-bond acceptors (Lipinski definition) is 3. The van der Waals surface area contributed by atoms with Crippen molar-refractivity contribution in [2.24, 2.45) is 0 Å². The number of carbonyl (C=O) groups excluding carboxylic acids is 2. The van der Waals surface area contributed by atoms with Crippen LogP contribution in [0.5, 0.6) is 0 Å². The SMILES string of the molecule is C[C@H]1CNCCN1C(=O)CNC(=O)NCc1ccc(Cl)cc1. The Labute approximate surface area is 135 Å². The predicted molar refractivity (Wildman–Crippen MR) is 85.7 cm³/mol. The van der Waals surface area contributed by atoms with Gasteiger partial charge in [0.25, 0.3) is 0 Å². The largest absolute Gasteiger partial charge is 0.336 e. The smallest absolute Gasteiger partial charge is 0.315 e. The van der Waals surface area contributed by atoms with Gasteiger partial charge in [0.05, 0.1) is 6.54 Å². The number of urea groups is 1. The quantitative estimate of drug-likeness (QED) is 0.772. The van der Waals surface area contributed by atoms with E-state index >= 15 is 0 Å². The summed E-state index contributed by atoms with van der Waals surface area (Å²) in [5, 5.41) is 9.19. The van der Waals surface area contributed by atoms with E-state index in [2.05, 4.69) is 16.0 Å². The molecule has 1 saturated heterocycles. The summed E-state index contributed by atoms with van der Waals surface area (Å²) in [6.07, 6.45) is 0. The maximum atomic E-state index is 12.1. The molecule has 7 heteroatoms. The highest BCUT2D eigenvalue weighted by atomic mass is 35.5. The van der Waals surface area contributed by atoms with Crippen molar-refractivity contribution in [2.75, 3.05) is 26.2 Å². The summed E-state index contributed by atoms with van der Waals surface area (Å²) in [6, 6.07) is 7.02. The first-order valence-electron chi connectivity index (χ1n) is 7.32. The highest BCUT2D eigenvalue weighted by Gasteiger charge is 2.22. The average Bonchev–Trinajstić information content (AvgIpc) is 2.52. The highest BCUT2D eigenvalue weighted by Crippen LogP contribution is 2.09. The van der Waals surface area contributed by atoms with Gasteiger partial charge in [-0.15, -0.1) is 0 Å². The van der Waals surface area contributed by atoms with Crippen molar-refractivity contribution >= 4 is 23.5 Å². The summed E-state index contributed by atoms with van der Waals surface area (Å²) in [5.41, 5.74) is 0.946. The zero-order chi connectivity index (χ0) is 15.9. The van der Waals surface area contributed by atoms with Crippen LogP contribution < -0.4 is 16.0 Å². The van der Waals surface area contributed by atoms with E-state index in [9.17, 15) is 9.59 Å². The van der Waals surface area contributed by atoms with Crippen LogP contribution in [-0.2, 0) is 11.3 Å². The number of piperazine rings is 1. The lowest BCUT2D eigenvalue weighted by atomic mass is 10.2. The van der Waals surface area contributed by atoms with Gasteiger partial charge in [-0.25, -0.2) is 4.79 Å². The van der Waals surface area contributed by atoms with Gasteiger partial charge >= 0.3 is 6.03 Å². The third kappa shape index (κ3) is 4.89. The van der Waals surface area contributed by atoms with Gasteiger partial charge in [0.1, 0.15) is 0 Å². The highest BCUT2D eigenvalue weighted by molar-refractivity contribution is 6.30. The summed E-state index contributed by atoms with van der Waals surface area (Å²) in [6.45, 7) is 4.64. The van der Waals surface area contributed by atoms with Crippen molar-refractivity contribution < 1.29 is 9.59 Å². The molecule has 1 aromatic carbocycles. The van der Waals surface area contributed by atoms with Crippen LogP contribution in [0.3, 0.4) is 0 Å². The van der Waals surface area contributed by atoms with Gasteiger partial charge in [0.15, 0.2) is 0 Å². The topological polar surface area (TPSA) is 73.5 Å². The first kappa shape index (κ1) is 16.6. The second-order valence-electron chi connectivity index (χ2n) is 5.30. The minimum Gasteiger partial charge on any atom is -0.336 e. The number of amides is 3.